The lowest BCUT2D eigenvalue weighted by molar-refractivity contribution is -0.120. The van der Waals surface area contributed by atoms with Crippen molar-refractivity contribution in [2.24, 2.45) is 5.92 Å². The van der Waals surface area contributed by atoms with E-state index < -0.39 is 5.60 Å². The van der Waals surface area contributed by atoms with E-state index in [2.05, 4.69) is 15.9 Å². The summed E-state index contributed by atoms with van der Waals surface area (Å²) in [6, 6.07) is 0. The average Bonchev–Trinajstić information content (AvgIpc) is 2.21. The van der Waals surface area contributed by atoms with Gasteiger partial charge in [0.25, 0.3) is 0 Å². The number of halogens is 1. The van der Waals surface area contributed by atoms with Crippen LogP contribution in [0.5, 0.6) is 0 Å². The highest BCUT2D eigenvalue weighted by molar-refractivity contribution is 9.09. The van der Waals surface area contributed by atoms with Gasteiger partial charge in [0.1, 0.15) is 11.4 Å². The number of amides is 1. The molecule has 0 fully saturated rings. The van der Waals surface area contributed by atoms with Gasteiger partial charge in [0.05, 0.1) is 5.33 Å². The van der Waals surface area contributed by atoms with Crippen molar-refractivity contribution in [2.75, 3.05) is 18.4 Å². The highest BCUT2D eigenvalue weighted by Crippen LogP contribution is 2.11. The minimum atomic E-state index is -0.507. The summed E-state index contributed by atoms with van der Waals surface area (Å²) in [4.78, 5) is 24.8. The largest absolute Gasteiger partial charge is 0.444 e. The quantitative estimate of drug-likeness (QED) is 0.734. The van der Waals surface area contributed by atoms with Crippen molar-refractivity contribution in [1.82, 2.24) is 4.90 Å². The Morgan fingerprint density at radius 3 is 2.24 bits per heavy atom. The zero-order chi connectivity index (χ0) is 13.6. The third kappa shape index (κ3) is 6.66. The molecule has 0 spiro atoms. The van der Waals surface area contributed by atoms with Crippen LogP contribution >= 0.6 is 15.9 Å². The monoisotopic (exact) mass is 307 g/mol. The normalized spacial score (nSPS) is 13.1. The lowest BCUT2D eigenvalue weighted by Crippen LogP contribution is -2.40. The summed E-state index contributed by atoms with van der Waals surface area (Å²) in [7, 11) is 0. The smallest absolute Gasteiger partial charge is 0.410 e. The van der Waals surface area contributed by atoms with Crippen molar-refractivity contribution in [3.63, 3.8) is 0 Å². The number of Topliss-reactive ketones (excluding diaryl/α,β-unsaturated/α-hetero) is 1. The standard InChI is InChI=1S/C12H22BrNO3/c1-6-14(8-9(2)10(15)7-13)11(16)17-12(3,4)5/h9H,6-8H2,1-5H3. The van der Waals surface area contributed by atoms with Gasteiger partial charge in [-0.2, -0.15) is 0 Å². The van der Waals surface area contributed by atoms with Gasteiger partial charge in [0.2, 0.25) is 0 Å². The van der Waals surface area contributed by atoms with E-state index in [1.54, 1.807) is 4.90 Å². The predicted molar refractivity (Wildman–Crippen MR) is 71.4 cm³/mol. The summed E-state index contributed by atoms with van der Waals surface area (Å²) in [5.41, 5.74) is -0.507. The Morgan fingerprint density at radius 1 is 1.35 bits per heavy atom. The second kappa shape index (κ2) is 6.99. The number of carbonyl (C=O) groups is 2. The Balaban J connectivity index is 4.43. The van der Waals surface area contributed by atoms with E-state index in [-0.39, 0.29) is 17.8 Å². The van der Waals surface area contributed by atoms with Gasteiger partial charge in [-0.3, -0.25) is 4.79 Å². The Labute approximate surface area is 112 Å². The number of carbonyl (C=O) groups excluding carboxylic acids is 2. The van der Waals surface area contributed by atoms with Crippen molar-refractivity contribution >= 4 is 27.8 Å². The van der Waals surface area contributed by atoms with Crippen LogP contribution in [0.15, 0.2) is 0 Å². The summed E-state index contributed by atoms with van der Waals surface area (Å²) in [5, 5.41) is 0.319. The van der Waals surface area contributed by atoms with Gasteiger partial charge >= 0.3 is 6.09 Å². The topological polar surface area (TPSA) is 46.6 Å². The molecular weight excluding hydrogens is 286 g/mol. The van der Waals surface area contributed by atoms with Gasteiger partial charge in [-0.15, -0.1) is 0 Å². The van der Waals surface area contributed by atoms with Gasteiger partial charge in [0, 0.05) is 19.0 Å². The molecule has 4 nitrogen and oxygen atoms in total. The lowest BCUT2D eigenvalue weighted by atomic mass is 10.1. The molecule has 0 heterocycles. The van der Waals surface area contributed by atoms with E-state index in [4.69, 9.17) is 4.74 Å². The summed E-state index contributed by atoms with van der Waals surface area (Å²) in [5.74, 6) is -0.0890. The summed E-state index contributed by atoms with van der Waals surface area (Å²) in [6.45, 7) is 10.1. The second-order valence-electron chi connectivity index (χ2n) is 5.02. The molecule has 0 saturated carbocycles. The van der Waals surface area contributed by atoms with Gasteiger partial charge in [0.15, 0.2) is 0 Å². The zero-order valence-corrected chi connectivity index (χ0v) is 12.8. The fourth-order valence-electron chi connectivity index (χ4n) is 1.22. The molecule has 1 unspecified atom stereocenters. The molecule has 0 aliphatic rings. The van der Waals surface area contributed by atoms with E-state index in [0.717, 1.165) is 0 Å². The van der Waals surface area contributed by atoms with Crippen molar-refractivity contribution in [2.45, 2.75) is 40.2 Å². The van der Waals surface area contributed by atoms with E-state index in [9.17, 15) is 9.59 Å². The molecule has 0 rings (SSSR count). The highest BCUT2D eigenvalue weighted by Gasteiger charge is 2.24. The Morgan fingerprint density at radius 2 is 1.88 bits per heavy atom. The molecule has 0 saturated heterocycles. The maximum Gasteiger partial charge on any atom is 0.410 e. The minimum absolute atomic E-state index is 0.0898. The summed E-state index contributed by atoms with van der Waals surface area (Å²) in [6.07, 6.45) is -0.366. The number of hydrogen-bond donors (Lipinski definition) is 0. The van der Waals surface area contributed by atoms with Crippen LogP contribution in [0.4, 0.5) is 4.79 Å². The van der Waals surface area contributed by atoms with Gasteiger partial charge in [-0.25, -0.2) is 4.79 Å². The summed E-state index contributed by atoms with van der Waals surface area (Å²) >= 11 is 3.13. The maximum absolute atomic E-state index is 11.8. The van der Waals surface area contributed by atoms with Crippen molar-refractivity contribution in [3.8, 4) is 0 Å². The molecule has 0 N–H and O–H groups in total. The molecule has 1 atom stereocenters. The molecule has 1 amide bonds. The van der Waals surface area contributed by atoms with Crippen LogP contribution in [0, 0.1) is 5.92 Å². The minimum Gasteiger partial charge on any atom is -0.444 e. The first-order valence-electron chi connectivity index (χ1n) is 5.77. The van der Waals surface area contributed by atoms with E-state index in [0.29, 0.717) is 18.4 Å². The molecule has 5 heteroatoms. The average molecular weight is 308 g/mol. The molecule has 0 aliphatic heterocycles. The first-order chi connectivity index (χ1) is 7.71. The Kier molecular flexibility index (Phi) is 6.75. The van der Waals surface area contributed by atoms with Crippen molar-refractivity contribution < 1.29 is 14.3 Å². The van der Waals surface area contributed by atoms with Crippen LogP contribution in [-0.2, 0) is 9.53 Å². The molecule has 0 radical (unpaired) electrons. The molecular formula is C12H22BrNO3. The third-order valence-corrected chi connectivity index (χ3v) is 2.76. The van der Waals surface area contributed by atoms with Crippen molar-refractivity contribution in [1.29, 1.82) is 0 Å². The fourth-order valence-corrected chi connectivity index (χ4v) is 1.78. The van der Waals surface area contributed by atoms with Gasteiger partial charge < -0.3 is 9.64 Å². The number of hydrogen-bond acceptors (Lipinski definition) is 3. The zero-order valence-electron chi connectivity index (χ0n) is 11.2. The molecule has 0 aliphatic carbocycles. The SMILES string of the molecule is CCN(CC(C)C(=O)CBr)C(=O)OC(C)(C)C. The van der Waals surface area contributed by atoms with E-state index >= 15 is 0 Å². The number of ether oxygens (including phenoxy) is 1. The number of rotatable bonds is 5. The third-order valence-electron chi connectivity index (χ3n) is 2.21. The maximum atomic E-state index is 11.8. The van der Waals surface area contributed by atoms with E-state index in [1.807, 2.05) is 34.6 Å². The van der Waals surface area contributed by atoms with Crippen LogP contribution in [0.2, 0.25) is 0 Å². The second-order valence-corrected chi connectivity index (χ2v) is 5.58. The van der Waals surface area contributed by atoms with Crippen LogP contribution in [0.3, 0.4) is 0 Å². The van der Waals surface area contributed by atoms with Crippen molar-refractivity contribution in [3.05, 3.63) is 0 Å². The van der Waals surface area contributed by atoms with Crippen LogP contribution in [0.1, 0.15) is 34.6 Å². The Bertz CT molecular complexity index is 273. The van der Waals surface area contributed by atoms with E-state index in [1.165, 1.54) is 0 Å². The number of alkyl halides is 1. The first-order valence-corrected chi connectivity index (χ1v) is 6.90. The van der Waals surface area contributed by atoms with Crippen LogP contribution in [-0.4, -0.2) is 40.8 Å². The fraction of sp³-hybridized carbons (Fsp3) is 0.833. The van der Waals surface area contributed by atoms with Crippen LogP contribution in [0.25, 0.3) is 0 Å². The molecule has 100 valence electrons. The molecule has 0 bridgehead atoms. The highest BCUT2D eigenvalue weighted by atomic mass is 79.9. The molecule has 0 aromatic carbocycles. The first kappa shape index (κ1) is 16.4. The lowest BCUT2D eigenvalue weighted by Gasteiger charge is -2.28. The number of ketones is 1. The molecule has 17 heavy (non-hydrogen) atoms. The number of nitrogens with zero attached hydrogens (tertiary/aromatic N) is 1. The van der Waals surface area contributed by atoms with Crippen LogP contribution < -0.4 is 0 Å². The molecule has 0 aromatic rings. The van der Waals surface area contributed by atoms with Gasteiger partial charge in [-0.05, 0) is 27.7 Å². The molecule has 0 aromatic heterocycles. The Hall–Kier alpha value is -0.580. The predicted octanol–water partition coefficient (Wildman–Crippen LogP) is 2.84. The van der Waals surface area contributed by atoms with Gasteiger partial charge in [-0.1, -0.05) is 22.9 Å². The summed E-state index contributed by atoms with van der Waals surface area (Å²) < 4.78 is 5.27.